The molecule has 1 aliphatic heterocycles. The molecule has 2 heterocycles. The SMILES string of the molecule is CCOC(=O)C1=C(C)N=c2s/c(=C/c3ccccc3OCc3ccc(Cl)c(Cl)c3)c(=O)n2[C@H]1c1ccccc1OC(C)C. The lowest BCUT2D eigenvalue weighted by atomic mass is 9.95. The first kappa shape index (κ1) is 30.6. The number of thiazole rings is 1. The van der Waals surface area contributed by atoms with Crippen LogP contribution in [0.4, 0.5) is 0 Å². The third-order valence-electron chi connectivity index (χ3n) is 6.68. The average molecular weight is 638 g/mol. The van der Waals surface area contributed by atoms with Crippen molar-refractivity contribution in [1.29, 1.82) is 0 Å². The van der Waals surface area contributed by atoms with Crippen LogP contribution >= 0.6 is 34.5 Å². The average Bonchev–Trinajstić information content (AvgIpc) is 3.27. The van der Waals surface area contributed by atoms with E-state index >= 15 is 0 Å². The molecule has 222 valence electrons. The molecule has 0 saturated heterocycles. The Kier molecular flexibility index (Phi) is 9.40. The van der Waals surface area contributed by atoms with Crippen LogP contribution < -0.4 is 24.4 Å². The van der Waals surface area contributed by atoms with Crippen LogP contribution in [0, 0.1) is 0 Å². The van der Waals surface area contributed by atoms with E-state index in [9.17, 15) is 9.59 Å². The number of fused-ring (bicyclic) bond motifs is 1. The van der Waals surface area contributed by atoms with Gasteiger partial charge in [0.25, 0.3) is 5.56 Å². The highest BCUT2D eigenvalue weighted by Crippen LogP contribution is 2.36. The summed E-state index contributed by atoms with van der Waals surface area (Å²) < 4.78 is 19.7. The molecule has 0 spiro atoms. The largest absolute Gasteiger partial charge is 0.491 e. The molecule has 1 aromatic heterocycles. The Morgan fingerprint density at radius 2 is 1.77 bits per heavy atom. The molecule has 0 fully saturated rings. The summed E-state index contributed by atoms with van der Waals surface area (Å²) in [5.41, 5.74) is 2.74. The molecule has 0 bridgehead atoms. The minimum Gasteiger partial charge on any atom is -0.491 e. The number of rotatable bonds is 9. The van der Waals surface area contributed by atoms with E-state index in [1.165, 1.54) is 11.3 Å². The van der Waals surface area contributed by atoms with E-state index in [1.807, 2.05) is 68.4 Å². The number of carbonyl (C=O) groups is 1. The lowest BCUT2D eigenvalue weighted by molar-refractivity contribution is -0.139. The highest BCUT2D eigenvalue weighted by molar-refractivity contribution is 7.07. The molecule has 10 heteroatoms. The predicted octanol–water partition coefficient (Wildman–Crippen LogP) is 6.47. The summed E-state index contributed by atoms with van der Waals surface area (Å²) >= 11 is 13.5. The standard InChI is InChI=1S/C33H30Cl2N2O5S/c1-5-40-32(39)29-20(4)36-33-37(30(29)23-11-7-9-13-27(23)42-19(2)3)31(38)28(43-33)17-22-10-6-8-12-26(22)41-18-21-14-15-24(34)25(35)16-21/h6-17,19,30H,5,18H2,1-4H3/b28-17+/t30-/m0/s1. The fourth-order valence-electron chi connectivity index (χ4n) is 4.82. The first-order valence-electron chi connectivity index (χ1n) is 13.8. The summed E-state index contributed by atoms with van der Waals surface area (Å²) in [6, 6.07) is 19.4. The number of hydrogen-bond acceptors (Lipinski definition) is 7. The second-order valence-corrected chi connectivity index (χ2v) is 11.9. The normalized spacial score (nSPS) is 14.9. The molecule has 7 nitrogen and oxygen atoms in total. The minimum atomic E-state index is -0.784. The topological polar surface area (TPSA) is 79.1 Å². The summed E-state index contributed by atoms with van der Waals surface area (Å²) in [5, 5.41) is 0.920. The zero-order valence-corrected chi connectivity index (χ0v) is 26.4. The van der Waals surface area contributed by atoms with Gasteiger partial charge in [-0.1, -0.05) is 77.0 Å². The molecule has 0 aliphatic carbocycles. The maximum Gasteiger partial charge on any atom is 0.338 e. The maximum atomic E-state index is 14.1. The van der Waals surface area contributed by atoms with Crippen LogP contribution in [0.3, 0.4) is 0 Å². The van der Waals surface area contributed by atoms with Crippen LogP contribution in [0.25, 0.3) is 6.08 Å². The summed E-state index contributed by atoms with van der Waals surface area (Å²) in [6.45, 7) is 7.81. The van der Waals surface area contributed by atoms with Gasteiger partial charge >= 0.3 is 5.97 Å². The third kappa shape index (κ3) is 6.56. The number of hydrogen-bond donors (Lipinski definition) is 0. The molecule has 0 radical (unpaired) electrons. The van der Waals surface area contributed by atoms with E-state index in [-0.39, 0.29) is 24.9 Å². The van der Waals surface area contributed by atoms with Crippen LogP contribution in [0.5, 0.6) is 11.5 Å². The van der Waals surface area contributed by atoms with E-state index < -0.39 is 12.0 Å². The molecule has 0 N–H and O–H groups in total. The molecular formula is C33H30Cl2N2O5S. The van der Waals surface area contributed by atoms with Gasteiger partial charge in [0.1, 0.15) is 24.1 Å². The lowest BCUT2D eigenvalue weighted by Gasteiger charge is -2.26. The number of esters is 1. The van der Waals surface area contributed by atoms with E-state index in [2.05, 4.69) is 4.99 Å². The van der Waals surface area contributed by atoms with E-state index in [4.69, 9.17) is 37.4 Å². The van der Waals surface area contributed by atoms with Crippen LogP contribution in [0.1, 0.15) is 50.4 Å². The van der Waals surface area contributed by atoms with E-state index in [0.29, 0.717) is 53.3 Å². The van der Waals surface area contributed by atoms with Crippen molar-refractivity contribution in [1.82, 2.24) is 4.57 Å². The van der Waals surface area contributed by atoms with Crippen LogP contribution in [0.2, 0.25) is 10.0 Å². The Bertz CT molecular complexity index is 1890. The van der Waals surface area contributed by atoms with Gasteiger partial charge in [-0.15, -0.1) is 0 Å². The van der Waals surface area contributed by atoms with Crippen LogP contribution in [-0.2, 0) is 16.1 Å². The molecule has 0 unspecified atom stereocenters. The van der Waals surface area contributed by atoms with Crippen molar-refractivity contribution in [3.8, 4) is 11.5 Å². The highest BCUT2D eigenvalue weighted by Gasteiger charge is 2.35. The Labute approximate surface area is 263 Å². The second kappa shape index (κ2) is 13.2. The number of benzene rings is 3. The van der Waals surface area contributed by atoms with Gasteiger partial charge in [0.05, 0.1) is 38.6 Å². The van der Waals surface area contributed by atoms with Gasteiger partial charge in [-0.25, -0.2) is 9.79 Å². The summed E-state index contributed by atoms with van der Waals surface area (Å²) in [7, 11) is 0. The molecule has 3 aromatic carbocycles. The van der Waals surface area contributed by atoms with Gasteiger partial charge in [0.2, 0.25) is 0 Å². The second-order valence-electron chi connectivity index (χ2n) is 10.1. The molecule has 1 atom stereocenters. The highest BCUT2D eigenvalue weighted by atomic mass is 35.5. The van der Waals surface area contributed by atoms with Gasteiger partial charge in [-0.2, -0.15) is 0 Å². The molecule has 1 aliphatic rings. The number of aromatic nitrogens is 1. The number of halogens is 2. The van der Waals surface area contributed by atoms with Crippen molar-refractivity contribution in [3.63, 3.8) is 0 Å². The zero-order chi connectivity index (χ0) is 30.7. The fourth-order valence-corrected chi connectivity index (χ4v) is 6.17. The smallest absolute Gasteiger partial charge is 0.338 e. The zero-order valence-electron chi connectivity index (χ0n) is 24.1. The summed E-state index contributed by atoms with van der Waals surface area (Å²) in [5.74, 6) is 0.646. The lowest BCUT2D eigenvalue weighted by Crippen LogP contribution is -2.40. The van der Waals surface area contributed by atoms with E-state index in [1.54, 1.807) is 36.6 Å². The monoisotopic (exact) mass is 636 g/mol. The molecule has 5 rings (SSSR count). The van der Waals surface area contributed by atoms with Crippen LogP contribution in [0.15, 0.2) is 87.8 Å². The maximum absolute atomic E-state index is 14.1. The number of carbonyl (C=O) groups excluding carboxylic acids is 1. The van der Waals surface area contributed by atoms with E-state index in [0.717, 1.165) is 5.56 Å². The van der Waals surface area contributed by atoms with Crippen molar-refractivity contribution < 1.29 is 19.0 Å². The molecule has 0 amide bonds. The first-order valence-corrected chi connectivity index (χ1v) is 15.4. The van der Waals surface area contributed by atoms with Crippen molar-refractivity contribution in [3.05, 3.63) is 124 Å². The summed E-state index contributed by atoms with van der Waals surface area (Å²) in [6.07, 6.45) is 1.67. The Hall–Kier alpha value is -3.85. The molecule has 0 saturated carbocycles. The Balaban J connectivity index is 1.61. The van der Waals surface area contributed by atoms with Gasteiger partial charge in [0.15, 0.2) is 4.80 Å². The number of nitrogens with zero attached hydrogens (tertiary/aromatic N) is 2. The molecular weight excluding hydrogens is 607 g/mol. The van der Waals surface area contributed by atoms with Gasteiger partial charge in [-0.3, -0.25) is 9.36 Å². The number of para-hydroxylation sites is 2. The minimum absolute atomic E-state index is 0.117. The van der Waals surface area contributed by atoms with Gasteiger partial charge < -0.3 is 14.2 Å². The quantitative estimate of drug-likeness (QED) is 0.197. The van der Waals surface area contributed by atoms with Gasteiger partial charge in [0, 0.05) is 11.1 Å². The van der Waals surface area contributed by atoms with Crippen molar-refractivity contribution in [2.24, 2.45) is 4.99 Å². The van der Waals surface area contributed by atoms with Crippen molar-refractivity contribution in [2.75, 3.05) is 6.61 Å². The number of allylic oxidation sites excluding steroid dienone is 1. The molecule has 43 heavy (non-hydrogen) atoms. The Morgan fingerprint density at radius 3 is 2.49 bits per heavy atom. The third-order valence-corrected chi connectivity index (χ3v) is 8.40. The van der Waals surface area contributed by atoms with Crippen molar-refractivity contribution in [2.45, 2.75) is 46.4 Å². The summed E-state index contributed by atoms with van der Waals surface area (Å²) in [4.78, 5) is 32.6. The molecule has 4 aromatic rings. The Morgan fingerprint density at radius 1 is 1.05 bits per heavy atom. The van der Waals surface area contributed by atoms with Crippen molar-refractivity contribution >= 4 is 46.6 Å². The first-order chi connectivity index (χ1) is 20.7. The van der Waals surface area contributed by atoms with Gasteiger partial charge in [-0.05, 0) is 63.6 Å². The fraction of sp³-hybridized carbons (Fsp3) is 0.242. The number of ether oxygens (including phenoxy) is 3. The predicted molar refractivity (Wildman–Crippen MR) is 170 cm³/mol. The van der Waals surface area contributed by atoms with Crippen LogP contribution in [-0.4, -0.2) is 23.2 Å².